The van der Waals surface area contributed by atoms with E-state index in [-0.39, 0.29) is 10.8 Å². The molecule has 2 rings (SSSR count). The zero-order chi connectivity index (χ0) is 16.3. The smallest absolute Gasteiger partial charge is 0.248 e. The van der Waals surface area contributed by atoms with E-state index in [0.717, 1.165) is 6.42 Å². The highest BCUT2D eigenvalue weighted by atomic mass is 32.2. The van der Waals surface area contributed by atoms with Crippen molar-refractivity contribution in [3.8, 4) is 0 Å². The Bertz CT molecular complexity index is 619. The first kappa shape index (κ1) is 17.0. The van der Waals surface area contributed by atoms with Gasteiger partial charge in [-0.25, -0.2) is 8.42 Å². The van der Waals surface area contributed by atoms with Gasteiger partial charge in [0.1, 0.15) is 10.6 Å². The van der Waals surface area contributed by atoms with Crippen LogP contribution in [0.3, 0.4) is 0 Å². The molecule has 1 fully saturated rings. The Balaban J connectivity index is 2.15. The van der Waals surface area contributed by atoms with Gasteiger partial charge in [-0.05, 0) is 26.7 Å². The molecule has 1 aromatic rings. The number of amides is 1. The molecule has 0 bridgehead atoms. The van der Waals surface area contributed by atoms with Gasteiger partial charge in [-0.3, -0.25) is 4.79 Å². The van der Waals surface area contributed by atoms with Crippen molar-refractivity contribution < 1.29 is 17.7 Å². The fraction of sp³-hybridized carbons (Fsp3) is 0.714. The van der Waals surface area contributed by atoms with E-state index in [1.54, 1.807) is 18.7 Å². The number of carbonyl (C=O) groups is 1. The molecule has 0 N–H and O–H groups in total. The van der Waals surface area contributed by atoms with E-state index < -0.39 is 10.0 Å². The van der Waals surface area contributed by atoms with Gasteiger partial charge in [0.2, 0.25) is 15.9 Å². The number of hydrogen-bond acceptors (Lipinski definition) is 5. The maximum absolute atomic E-state index is 12.8. The molecule has 0 unspecified atom stereocenters. The molecule has 2 heterocycles. The van der Waals surface area contributed by atoms with Crippen LogP contribution in [0.25, 0.3) is 0 Å². The highest BCUT2D eigenvalue weighted by Crippen LogP contribution is 2.24. The van der Waals surface area contributed by atoms with E-state index in [9.17, 15) is 13.2 Å². The molecule has 7 nitrogen and oxygen atoms in total. The molecule has 0 spiro atoms. The minimum atomic E-state index is -3.63. The van der Waals surface area contributed by atoms with Crippen molar-refractivity contribution in [2.75, 3.05) is 26.2 Å². The lowest BCUT2D eigenvalue weighted by molar-refractivity contribution is -0.131. The lowest BCUT2D eigenvalue weighted by Crippen LogP contribution is -2.37. The normalized spacial score (nSPS) is 17.5. The molecule has 0 radical (unpaired) electrons. The molecule has 1 amide bonds. The summed E-state index contributed by atoms with van der Waals surface area (Å²) in [5, 5.41) is 3.72. The Labute approximate surface area is 131 Å². The lowest BCUT2D eigenvalue weighted by Gasteiger charge is -2.21. The maximum Gasteiger partial charge on any atom is 0.248 e. The number of nitrogens with zero attached hydrogens (tertiary/aromatic N) is 3. The molecule has 8 heteroatoms. The maximum atomic E-state index is 12.8. The SMILES string of the molecule is CCCC(=O)N1CCCN(S(=O)(=O)c2c(C)noc2C)CC1. The largest absolute Gasteiger partial charge is 0.360 e. The third-order valence-electron chi connectivity index (χ3n) is 3.84. The molecule has 1 aliphatic rings. The van der Waals surface area contributed by atoms with Crippen LogP contribution in [0.15, 0.2) is 9.42 Å². The first-order valence-electron chi connectivity index (χ1n) is 7.58. The standard InChI is InChI=1S/C14H23N3O4S/c1-4-6-13(18)16-7-5-8-17(10-9-16)22(19,20)14-11(2)15-21-12(14)3/h4-10H2,1-3H3. The predicted octanol–water partition coefficient (Wildman–Crippen LogP) is 1.31. The summed E-state index contributed by atoms with van der Waals surface area (Å²) < 4.78 is 31.9. The summed E-state index contributed by atoms with van der Waals surface area (Å²) in [5.74, 6) is 0.403. The Kier molecular flexibility index (Phi) is 5.23. The summed E-state index contributed by atoms with van der Waals surface area (Å²) in [6.07, 6.45) is 1.95. The topological polar surface area (TPSA) is 83.7 Å². The van der Waals surface area contributed by atoms with E-state index in [1.165, 1.54) is 4.31 Å². The first-order valence-corrected chi connectivity index (χ1v) is 9.02. The average molecular weight is 329 g/mol. The molecular weight excluding hydrogens is 306 g/mol. The van der Waals surface area contributed by atoms with Crippen LogP contribution in [0.5, 0.6) is 0 Å². The zero-order valence-electron chi connectivity index (χ0n) is 13.3. The van der Waals surface area contributed by atoms with Crippen LogP contribution < -0.4 is 0 Å². The highest BCUT2D eigenvalue weighted by molar-refractivity contribution is 7.89. The summed E-state index contributed by atoms with van der Waals surface area (Å²) in [5.41, 5.74) is 0.376. The fourth-order valence-corrected chi connectivity index (χ4v) is 4.49. The van der Waals surface area contributed by atoms with Gasteiger partial charge in [-0.15, -0.1) is 0 Å². The quantitative estimate of drug-likeness (QED) is 0.832. The molecule has 0 aromatic carbocycles. The third-order valence-corrected chi connectivity index (χ3v) is 5.98. The van der Waals surface area contributed by atoms with Gasteiger partial charge in [0.05, 0.1) is 0 Å². The number of aromatic nitrogens is 1. The second kappa shape index (κ2) is 6.78. The van der Waals surface area contributed by atoms with Gasteiger partial charge in [0, 0.05) is 32.6 Å². The number of sulfonamides is 1. The summed E-state index contributed by atoms with van der Waals surface area (Å²) >= 11 is 0. The van der Waals surface area contributed by atoms with Gasteiger partial charge in [0.25, 0.3) is 0 Å². The minimum absolute atomic E-state index is 0.0964. The molecular formula is C14H23N3O4S. The minimum Gasteiger partial charge on any atom is -0.360 e. The van der Waals surface area contributed by atoms with Crippen LogP contribution in [0.2, 0.25) is 0 Å². The van der Waals surface area contributed by atoms with Crippen molar-refractivity contribution >= 4 is 15.9 Å². The van der Waals surface area contributed by atoms with E-state index in [2.05, 4.69) is 5.16 Å². The van der Waals surface area contributed by atoms with Crippen LogP contribution >= 0.6 is 0 Å². The van der Waals surface area contributed by atoms with Crippen molar-refractivity contribution in [3.63, 3.8) is 0 Å². The van der Waals surface area contributed by atoms with Crippen molar-refractivity contribution in [1.82, 2.24) is 14.4 Å². The molecule has 0 atom stereocenters. The van der Waals surface area contributed by atoms with Crippen molar-refractivity contribution in [3.05, 3.63) is 11.5 Å². The van der Waals surface area contributed by atoms with E-state index in [4.69, 9.17) is 4.52 Å². The molecule has 1 saturated heterocycles. The second-order valence-corrected chi connectivity index (χ2v) is 7.42. The van der Waals surface area contributed by atoms with Gasteiger partial charge >= 0.3 is 0 Å². The Hall–Kier alpha value is -1.41. The summed E-state index contributed by atoms with van der Waals surface area (Å²) in [4.78, 5) is 13.9. The first-order chi connectivity index (χ1) is 10.4. The highest BCUT2D eigenvalue weighted by Gasteiger charge is 2.32. The van der Waals surface area contributed by atoms with E-state index in [1.807, 2.05) is 6.92 Å². The van der Waals surface area contributed by atoms with Gasteiger partial charge < -0.3 is 9.42 Å². The van der Waals surface area contributed by atoms with Crippen LogP contribution in [0.1, 0.15) is 37.6 Å². The number of rotatable bonds is 4. The van der Waals surface area contributed by atoms with E-state index >= 15 is 0 Å². The molecule has 22 heavy (non-hydrogen) atoms. The Morgan fingerprint density at radius 2 is 1.95 bits per heavy atom. The zero-order valence-corrected chi connectivity index (χ0v) is 14.1. The summed E-state index contributed by atoms with van der Waals surface area (Å²) in [6, 6.07) is 0. The third kappa shape index (κ3) is 3.33. The van der Waals surface area contributed by atoms with E-state index in [0.29, 0.717) is 50.5 Å². The monoisotopic (exact) mass is 329 g/mol. The van der Waals surface area contributed by atoms with Crippen LogP contribution in [0.4, 0.5) is 0 Å². The van der Waals surface area contributed by atoms with Crippen molar-refractivity contribution in [2.45, 2.75) is 44.9 Å². The van der Waals surface area contributed by atoms with Gasteiger partial charge in [-0.1, -0.05) is 12.1 Å². The Morgan fingerprint density at radius 1 is 1.23 bits per heavy atom. The van der Waals surface area contributed by atoms with Gasteiger partial charge in [-0.2, -0.15) is 4.31 Å². The molecule has 124 valence electrons. The molecule has 1 aromatic heterocycles. The summed E-state index contributed by atoms with van der Waals surface area (Å²) in [6.45, 7) is 6.93. The molecule has 1 aliphatic heterocycles. The predicted molar refractivity (Wildman–Crippen MR) is 80.8 cm³/mol. The van der Waals surface area contributed by atoms with Crippen molar-refractivity contribution in [1.29, 1.82) is 0 Å². The van der Waals surface area contributed by atoms with Crippen LogP contribution in [-0.4, -0.2) is 54.9 Å². The number of aryl methyl sites for hydroxylation is 2. The molecule has 0 aliphatic carbocycles. The van der Waals surface area contributed by atoms with Gasteiger partial charge in [0.15, 0.2) is 5.76 Å². The average Bonchev–Trinajstić information content (AvgIpc) is 2.68. The fourth-order valence-electron chi connectivity index (χ4n) is 2.73. The van der Waals surface area contributed by atoms with Crippen LogP contribution in [0, 0.1) is 13.8 Å². The van der Waals surface area contributed by atoms with Crippen molar-refractivity contribution in [2.24, 2.45) is 0 Å². The molecule has 0 saturated carbocycles. The number of hydrogen-bond donors (Lipinski definition) is 0. The lowest BCUT2D eigenvalue weighted by atomic mass is 10.3. The Morgan fingerprint density at radius 3 is 2.55 bits per heavy atom. The summed E-state index contributed by atoms with van der Waals surface area (Å²) in [7, 11) is -3.63. The number of carbonyl (C=O) groups excluding carboxylic acids is 1. The van der Waals surface area contributed by atoms with Crippen LogP contribution in [-0.2, 0) is 14.8 Å². The second-order valence-electron chi connectivity index (χ2n) is 5.54.